The number of ether oxygens (including phenoxy) is 1. The summed E-state index contributed by atoms with van der Waals surface area (Å²) in [6.45, 7) is 11.1. The molecule has 7 heteroatoms. The minimum Gasteiger partial charge on any atom is -0.462 e. The molecule has 1 aliphatic heterocycles. The molecule has 0 aliphatic carbocycles. The van der Waals surface area contributed by atoms with Gasteiger partial charge in [-0.2, -0.15) is 5.10 Å². The molecule has 0 radical (unpaired) electrons. The van der Waals surface area contributed by atoms with Crippen LogP contribution in [0.15, 0.2) is 6.20 Å². The minimum atomic E-state index is -0.473. The summed E-state index contributed by atoms with van der Waals surface area (Å²) >= 11 is 0. The summed E-state index contributed by atoms with van der Waals surface area (Å²) in [5.41, 5.74) is 0.591. The molecule has 1 fully saturated rings. The molecule has 0 aromatic carbocycles. The van der Waals surface area contributed by atoms with E-state index < -0.39 is 5.97 Å². The highest BCUT2D eigenvalue weighted by Crippen LogP contribution is 2.34. The lowest BCUT2D eigenvalue weighted by molar-refractivity contribution is -0.117. The number of anilines is 1. The molecule has 0 spiro atoms. The van der Waals surface area contributed by atoms with Crippen molar-refractivity contribution in [2.45, 2.75) is 47.0 Å². The molecule has 26 heavy (non-hydrogen) atoms. The van der Waals surface area contributed by atoms with Gasteiger partial charge in [-0.3, -0.25) is 14.4 Å². The first-order chi connectivity index (χ1) is 12.2. The Labute approximate surface area is 156 Å². The van der Waals surface area contributed by atoms with Gasteiger partial charge in [0.1, 0.15) is 11.4 Å². The van der Waals surface area contributed by atoms with Gasteiger partial charge < -0.3 is 10.1 Å². The molecule has 1 amide bonds. The molecule has 0 saturated carbocycles. The van der Waals surface area contributed by atoms with E-state index in [1.165, 1.54) is 17.3 Å². The Morgan fingerprint density at radius 1 is 1.31 bits per heavy atom. The molecule has 1 aromatic heterocycles. The van der Waals surface area contributed by atoms with Gasteiger partial charge in [0.05, 0.1) is 19.3 Å². The molecule has 146 valence electrons. The Morgan fingerprint density at radius 2 is 2.04 bits per heavy atom. The Balaban J connectivity index is 1.95. The van der Waals surface area contributed by atoms with Crippen LogP contribution in [0.1, 0.15) is 57.3 Å². The van der Waals surface area contributed by atoms with Crippen LogP contribution in [-0.2, 0) is 16.6 Å². The largest absolute Gasteiger partial charge is 0.462 e. The van der Waals surface area contributed by atoms with Crippen molar-refractivity contribution in [3.05, 3.63) is 11.8 Å². The number of aromatic nitrogens is 2. The first-order valence-corrected chi connectivity index (χ1v) is 9.43. The molecule has 2 heterocycles. The van der Waals surface area contributed by atoms with Crippen LogP contribution in [0, 0.1) is 11.3 Å². The van der Waals surface area contributed by atoms with Gasteiger partial charge in [0.2, 0.25) is 5.91 Å². The second kappa shape index (κ2) is 8.66. The third kappa shape index (κ3) is 5.30. The Bertz CT molecular complexity index is 633. The van der Waals surface area contributed by atoms with Gasteiger partial charge in [0.25, 0.3) is 0 Å². The number of hydrogen-bond donors (Lipinski definition) is 1. The maximum atomic E-state index is 12.5. The molecular weight excluding hydrogens is 332 g/mol. The number of nitrogens with zero attached hydrogens (tertiary/aromatic N) is 3. The van der Waals surface area contributed by atoms with Gasteiger partial charge in [-0.15, -0.1) is 0 Å². The summed E-state index contributed by atoms with van der Waals surface area (Å²) < 4.78 is 6.51. The zero-order valence-corrected chi connectivity index (χ0v) is 16.7. The number of aryl methyl sites for hydroxylation is 1. The number of carbonyl (C=O) groups is 2. The first kappa shape index (κ1) is 20.4. The van der Waals surface area contributed by atoms with E-state index in [-0.39, 0.29) is 18.1 Å². The molecular formula is C19H32N4O3. The van der Waals surface area contributed by atoms with Crippen molar-refractivity contribution in [3.63, 3.8) is 0 Å². The second-order valence-corrected chi connectivity index (χ2v) is 8.07. The number of amides is 1. The Kier molecular flexibility index (Phi) is 6.81. The average molecular weight is 364 g/mol. The van der Waals surface area contributed by atoms with Crippen molar-refractivity contribution in [3.8, 4) is 0 Å². The smallest absolute Gasteiger partial charge is 0.343 e. The van der Waals surface area contributed by atoms with Gasteiger partial charge in [-0.05, 0) is 50.6 Å². The highest BCUT2D eigenvalue weighted by atomic mass is 16.5. The molecule has 1 unspecified atom stereocenters. The lowest BCUT2D eigenvalue weighted by atomic mass is 9.77. The van der Waals surface area contributed by atoms with Crippen LogP contribution in [0.3, 0.4) is 0 Å². The molecule has 1 N–H and O–H groups in total. The van der Waals surface area contributed by atoms with Gasteiger partial charge in [-0.25, -0.2) is 4.79 Å². The van der Waals surface area contributed by atoms with E-state index in [0.29, 0.717) is 23.7 Å². The summed E-state index contributed by atoms with van der Waals surface area (Å²) in [5.74, 6) is 0.464. The van der Waals surface area contributed by atoms with Crippen molar-refractivity contribution >= 4 is 17.7 Å². The maximum Gasteiger partial charge on any atom is 0.343 e. The molecule has 1 atom stereocenters. The number of likely N-dealkylation sites (tertiary alicyclic amines) is 1. The van der Waals surface area contributed by atoms with Crippen molar-refractivity contribution in [2.24, 2.45) is 18.4 Å². The lowest BCUT2D eigenvalue weighted by Gasteiger charge is -2.29. The third-order valence-corrected chi connectivity index (χ3v) is 5.10. The van der Waals surface area contributed by atoms with E-state index in [9.17, 15) is 9.59 Å². The number of hydrogen-bond acceptors (Lipinski definition) is 5. The Morgan fingerprint density at radius 3 is 2.69 bits per heavy atom. The lowest BCUT2D eigenvalue weighted by Crippen LogP contribution is -2.35. The molecule has 0 bridgehead atoms. The number of nitrogens with one attached hydrogen (secondary N) is 1. The number of rotatable bonds is 5. The monoisotopic (exact) mass is 364 g/mol. The van der Waals surface area contributed by atoms with Crippen LogP contribution in [-0.4, -0.2) is 52.8 Å². The van der Waals surface area contributed by atoms with Crippen molar-refractivity contribution in [1.29, 1.82) is 0 Å². The van der Waals surface area contributed by atoms with E-state index in [2.05, 4.69) is 36.1 Å². The summed E-state index contributed by atoms with van der Waals surface area (Å²) in [6, 6.07) is 0. The van der Waals surface area contributed by atoms with Gasteiger partial charge >= 0.3 is 5.97 Å². The van der Waals surface area contributed by atoms with Crippen LogP contribution in [0.2, 0.25) is 0 Å². The molecule has 1 saturated heterocycles. The normalized spacial score (nSPS) is 19.0. The highest BCUT2D eigenvalue weighted by molar-refractivity contribution is 6.00. The fourth-order valence-electron chi connectivity index (χ4n) is 3.50. The van der Waals surface area contributed by atoms with Gasteiger partial charge in [-0.1, -0.05) is 20.8 Å². The zero-order valence-electron chi connectivity index (χ0n) is 16.7. The van der Waals surface area contributed by atoms with E-state index in [4.69, 9.17) is 4.74 Å². The van der Waals surface area contributed by atoms with E-state index in [1.807, 2.05) is 0 Å². The predicted octanol–water partition coefficient (Wildman–Crippen LogP) is 2.68. The number of esters is 1. The van der Waals surface area contributed by atoms with Crippen LogP contribution in [0.4, 0.5) is 5.82 Å². The van der Waals surface area contributed by atoms with Crippen LogP contribution < -0.4 is 5.32 Å². The molecule has 2 rings (SSSR count). The SMILES string of the molecule is CCOC(=O)c1cnn(C)c1NC(=O)CN1CCCC(C(C)(C)C)CC1. The quantitative estimate of drug-likeness (QED) is 0.813. The molecule has 7 nitrogen and oxygen atoms in total. The van der Waals surface area contributed by atoms with E-state index in [1.54, 1.807) is 14.0 Å². The van der Waals surface area contributed by atoms with Crippen molar-refractivity contribution in [2.75, 3.05) is 31.6 Å². The van der Waals surface area contributed by atoms with Crippen molar-refractivity contribution < 1.29 is 14.3 Å². The highest BCUT2D eigenvalue weighted by Gasteiger charge is 2.28. The maximum absolute atomic E-state index is 12.5. The fourth-order valence-corrected chi connectivity index (χ4v) is 3.50. The van der Waals surface area contributed by atoms with Crippen LogP contribution in [0.25, 0.3) is 0 Å². The summed E-state index contributed by atoms with van der Waals surface area (Å²) in [4.78, 5) is 26.7. The summed E-state index contributed by atoms with van der Waals surface area (Å²) in [5, 5.41) is 6.89. The standard InChI is InChI=1S/C19H32N4O3/c1-6-26-18(25)15-12-20-22(5)17(15)21-16(24)13-23-10-7-8-14(9-11-23)19(2,3)4/h12,14H,6-11,13H2,1-5H3,(H,21,24). The fraction of sp³-hybridized carbons (Fsp3) is 0.737. The van der Waals surface area contributed by atoms with E-state index in [0.717, 1.165) is 25.9 Å². The van der Waals surface area contributed by atoms with Crippen LogP contribution >= 0.6 is 0 Å². The summed E-state index contributed by atoms with van der Waals surface area (Å²) in [6.07, 6.45) is 4.84. The second-order valence-electron chi connectivity index (χ2n) is 8.07. The summed E-state index contributed by atoms with van der Waals surface area (Å²) in [7, 11) is 1.69. The van der Waals surface area contributed by atoms with Crippen LogP contribution in [0.5, 0.6) is 0 Å². The molecule has 1 aliphatic rings. The topological polar surface area (TPSA) is 76.5 Å². The van der Waals surface area contributed by atoms with E-state index >= 15 is 0 Å². The zero-order chi connectivity index (χ0) is 19.3. The third-order valence-electron chi connectivity index (χ3n) is 5.10. The van der Waals surface area contributed by atoms with Crippen molar-refractivity contribution in [1.82, 2.24) is 14.7 Å². The first-order valence-electron chi connectivity index (χ1n) is 9.43. The van der Waals surface area contributed by atoms with Gasteiger partial charge in [0, 0.05) is 7.05 Å². The minimum absolute atomic E-state index is 0.131. The average Bonchev–Trinajstić information content (AvgIpc) is 2.76. The van der Waals surface area contributed by atoms with Gasteiger partial charge in [0.15, 0.2) is 0 Å². The molecule has 1 aromatic rings. The number of carbonyl (C=O) groups excluding carboxylic acids is 2. The predicted molar refractivity (Wildman–Crippen MR) is 101 cm³/mol. The Hall–Kier alpha value is -1.89.